The van der Waals surface area contributed by atoms with Crippen molar-refractivity contribution in [1.82, 2.24) is 25.0 Å². The first-order chi connectivity index (χ1) is 10.9. The largest absolute Gasteiger partial charge is 0.338 e. The number of nitrogens with two attached hydrogens (primary N) is 1. The Hall–Kier alpha value is -1.87. The van der Waals surface area contributed by atoms with E-state index < -0.39 is 0 Å². The molecule has 1 unspecified atom stereocenters. The molecular weight excluding hydrogens is 332 g/mol. The van der Waals surface area contributed by atoms with Gasteiger partial charge in [-0.05, 0) is 18.4 Å². The van der Waals surface area contributed by atoms with Gasteiger partial charge in [0, 0.05) is 5.41 Å². The number of nitrogen functional groups attached to an aromatic ring is 1. The maximum Gasteiger partial charge on any atom is 0.240 e. The third-order valence-electron chi connectivity index (χ3n) is 3.15. The number of nitrogens with zero attached hydrogens (tertiary/aromatic N) is 5. The number of hydrogen-bond donors (Lipinski definition) is 1. The minimum absolute atomic E-state index is 0.0736. The van der Waals surface area contributed by atoms with Crippen molar-refractivity contribution < 1.29 is 4.52 Å². The van der Waals surface area contributed by atoms with Crippen LogP contribution in [0.1, 0.15) is 44.7 Å². The van der Waals surface area contributed by atoms with Gasteiger partial charge in [0.05, 0.1) is 10.1 Å². The van der Waals surface area contributed by atoms with Gasteiger partial charge in [-0.2, -0.15) is 4.98 Å². The Bertz CT molecular complexity index is 787. The molecule has 0 saturated heterocycles. The van der Waals surface area contributed by atoms with Crippen LogP contribution in [0.5, 0.6) is 0 Å². The fourth-order valence-electron chi connectivity index (χ4n) is 1.98. The van der Waals surface area contributed by atoms with Crippen molar-refractivity contribution in [1.29, 1.82) is 0 Å². The molecular formula is C14H18N6OS2. The molecule has 3 rings (SSSR count). The van der Waals surface area contributed by atoms with Gasteiger partial charge in [0.15, 0.2) is 5.82 Å². The Morgan fingerprint density at radius 3 is 2.74 bits per heavy atom. The number of rotatable bonds is 4. The molecule has 3 aromatic rings. The van der Waals surface area contributed by atoms with Gasteiger partial charge in [0.25, 0.3) is 0 Å². The van der Waals surface area contributed by atoms with Crippen LogP contribution in [-0.2, 0) is 5.41 Å². The third-order valence-corrected chi connectivity index (χ3v) is 5.06. The number of thiophene rings is 1. The van der Waals surface area contributed by atoms with Crippen LogP contribution in [-0.4, -0.2) is 25.0 Å². The summed E-state index contributed by atoms with van der Waals surface area (Å²) in [5.41, 5.74) is -0.166. The molecule has 0 aliphatic heterocycles. The summed E-state index contributed by atoms with van der Waals surface area (Å²) in [5.74, 6) is 7.98. The normalized spacial score (nSPS) is 13.4. The van der Waals surface area contributed by atoms with Gasteiger partial charge >= 0.3 is 0 Å². The van der Waals surface area contributed by atoms with E-state index in [4.69, 9.17) is 10.4 Å². The Kier molecular flexibility index (Phi) is 4.15. The fraction of sp³-hybridized carbons (Fsp3) is 0.429. The summed E-state index contributed by atoms with van der Waals surface area (Å²) in [6.45, 7) is 8.11. The van der Waals surface area contributed by atoms with Gasteiger partial charge in [-0.25, -0.2) is 4.68 Å². The van der Waals surface area contributed by atoms with Crippen molar-refractivity contribution in [2.75, 3.05) is 5.84 Å². The van der Waals surface area contributed by atoms with Gasteiger partial charge in [-0.3, -0.25) is 0 Å². The highest BCUT2D eigenvalue weighted by Gasteiger charge is 2.25. The van der Waals surface area contributed by atoms with Crippen molar-refractivity contribution in [3.8, 4) is 10.7 Å². The maximum atomic E-state index is 6.10. The zero-order valence-electron chi connectivity index (χ0n) is 13.3. The van der Waals surface area contributed by atoms with Crippen LogP contribution >= 0.6 is 23.1 Å². The minimum Gasteiger partial charge on any atom is -0.338 e. The molecule has 0 radical (unpaired) electrons. The highest BCUT2D eigenvalue weighted by molar-refractivity contribution is 7.99. The molecule has 1 atom stereocenters. The molecule has 0 aliphatic rings. The van der Waals surface area contributed by atoms with Crippen LogP contribution < -0.4 is 5.84 Å². The predicted octanol–water partition coefficient (Wildman–Crippen LogP) is 3.25. The second kappa shape index (κ2) is 5.97. The molecule has 0 fully saturated rings. The molecule has 0 amide bonds. The molecule has 0 aliphatic carbocycles. The van der Waals surface area contributed by atoms with Crippen molar-refractivity contribution >= 4 is 23.1 Å². The summed E-state index contributed by atoms with van der Waals surface area (Å²) in [5, 5.41) is 14.9. The summed E-state index contributed by atoms with van der Waals surface area (Å²) >= 11 is 3.02. The van der Waals surface area contributed by atoms with E-state index in [1.807, 2.05) is 45.2 Å². The number of hydrogen-bond acceptors (Lipinski definition) is 8. The van der Waals surface area contributed by atoms with Crippen LogP contribution in [0.2, 0.25) is 0 Å². The van der Waals surface area contributed by atoms with E-state index in [1.165, 1.54) is 16.4 Å². The van der Waals surface area contributed by atoms with Crippen molar-refractivity contribution in [2.24, 2.45) is 0 Å². The summed E-state index contributed by atoms with van der Waals surface area (Å²) in [4.78, 5) is 5.43. The molecule has 0 aromatic carbocycles. The minimum atomic E-state index is -0.166. The molecule has 2 N–H and O–H groups in total. The lowest BCUT2D eigenvalue weighted by molar-refractivity contribution is 0.380. The van der Waals surface area contributed by atoms with Crippen LogP contribution in [0.25, 0.3) is 10.7 Å². The summed E-state index contributed by atoms with van der Waals surface area (Å²) in [6, 6.07) is 3.92. The Balaban J connectivity index is 1.77. The molecule has 3 aromatic heterocycles. The lowest BCUT2D eigenvalue weighted by Gasteiger charge is -2.16. The quantitative estimate of drug-likeness (QED) is 0.570. The second-order valence-electron chi connectivity index (χ2n) is 6.12. The third kappa shape index (κ3) is 3.25. The molecule has 9 heteroatoms. The predicted molar refractivity (Wildman–Crippen MR) is 90.8 cm³/mol. The van der Waals surface area contributed by atoms with Crippen molar-refractivity contribution in [3.63, 3.8) is 0 Å². The van der Waals surface area contributed by atoms with Crippen LogP contribution in [0.15, 0.2) is 27.2 Å². The molecule has 0 spiro atoms. The first kappa shape index (κ1) is 16.0. The van der Waals surface area contributed by atoms with E-state index in [0.717, 1.165) is 10.7 Å². The zero-order chi connectivity index (χ0) is 16.6. The van der Waals surface area contributed by atoms with Crippen LogP contribution in [0, 0.1) is 0 Å². The standard InChI is InChI=1S/C14H18N6OS2/c1-8(11-16-10(19-21-11)9-6-5-7-22-9)23-13-18-17-12(20(13)15)14(2,3)4/h5-8H,15H2,1-4H3. The molecule has 0 saturated carbocycles. The highest BCUT2D eigenvalue weighted by Crippen LogP contribution is 2.34. The Labute approximate surface area is 142 Å². The van der Waals surface area contributed by atoms with E-state index in [1.54, 1.807) is 11.3 Å². The Morgan fingerprint density at radius 1 is 1.35 bits per heavy atom. The SMILES string of the molecule is CC(Sc1nnc(C(C)(C)C)n1N)c1nc(-c2cccs2)no1. The molecule has 23 heavy (non-hydrogen) atoms. The van der Waals surface area contributed by atoms with Gasteiger partial charge in [0.2, 0.25) is 16.9 Å². The monoisotopic (exact) mass is 350 g/mol. The molecule has 3 heterocycles. The van der Waals surface area contributed by atoms with E-state index in [9.17, 15) is 0 Å². The zero-order valence-corrected chi connectivity index (χ0v) is 15.0. The molecule has 0 bridgehead atoms. The maximum absolute atomic E-state index is 6.10. The summed E-state index contributed by atoms with van der Waals surface area (Å²) < 4.78 is 6.89. The molecule has 7 nitrogen and oxygen atoms in total. The first-order valence-corrected chi connectivity index (χ1v) is 8.87. The Morgan fingerprint density at radius 2 is 2.13 bits per heavy atom. The molecule has 122 valence electrons. The van der Waals surface area contributed by atoms with E-state index in [0.29, 0.717) is 16.9 Å². The lowest BCUT2D eigenvalue weighted by Crippen LogP contribution is -2.24. The van der Waals surface area contributed by atoms with E-state index >= 15 is 0 Å². The summed E-state index contributed by atoms with van der Waals surface area (Å²) in [6.07, 6.45) is 0. The van der Waals surface area contributed by atoms with Gasteiger partial charge in [0.1, 0.15) is 0 Å². The van der Waals surface area contributed by atoms with E-state index in [2.05, 4.69) is 20.3 Å². The highest BCUT2D eigenvalue weighted by atomic mass is 32.2. The van der Waals surface area contributed by atoms with Crippen LogP contribution in [0.4, 0.5) is 0 Å². The van der Waals surface area contributed by atoms with Gasteiger partial charge in [-0.1, -0.05) is 43.8 Å². The topological polar surface area (TPSA) is 95.7 Å². The van der Waals surface area contributed by atoms with Crippen LogP contribution in [0.3, 0.4) is 0 Å². The van der Waals surface area contributed by atoms with Gasteiger partial charge < -0.3 is 10.4 Å². The van der Waals surface area contributed by atoms with E-state index in [-0.39, 0.29) is 10.7 Å². The summed E-state index contributed by atoms with van der Waals surface area (Å²) in [7, 11) is 0. The fourth-order valence-corrected chi connectivity index (χ4v) is 3.43. The number of aromatic nitrogens is 5. The smallest absolute Gasteiger partial charge is 0.240 e. The lowest BCUT2D eigenvalue weighted by atomic mass is 9.96. The second-order valence-corrected chi connectivity index (χ2v) is 8.38. The van der Waals surface area contributed by atoms with Crippen molar-refractivity contribution in [3.05, 3.63) is 29.2 Å². The average molecular weight is 350 g/mol. The first-order valence-electron chi connectivity index (χ1n) is 7.11. The van der Waals surface area contributed by atoms with Gasteiger partial charge in [-0.15, -0.1) is 21.5 Å². The average Bonchev–Trinajstić information content (AvgIpc) is 3.17. The number of thioether (sulfide) groups is 1. The van der Waals surface area contributed by atoms with Crippen molar-refractivity contribution in [2.45, 2.75) is 43.5 Å².